The van der Waals surface area contributed by atoms with Crippen LogP contribution < -0.4 is 0 Å². The second kappa shape index (κ2) is 17.1. The van der Waals surface area contributed by atoms with Gasteiger partial charge in [-0.1, -0.05) is 95.4 Å². The molecule has 0 amide bonds. The molecule has 0 saturated carbocycles. The van der Waals surface area contributed by atoms with E-state index in [1.54, 1.807) is 12.1 Å². The molecule has 3 heteroatoms. The highest BCUT2D eigenvalue weighted by atomic mass is 16.4. The SMILES string of the molecule is CCCCCCCCCCC=CCCCCCCCc1cccc(O)c1C(=O)O. The molecule has 0 fully saturated rings. The lowest BCUT2D eigenvalue weighted by atomic mass is 9.99. The van der Waals surface area contributed by atoms with Crippen LogP contribution in [-0.2, 0) is 6.42 Å². The Morgan fingerprint density at radius 1 is 0.793 bits per heavy atom. The van der Waals surface area contributed by atoms with Gasteiger partial charge in [0.05, 0.1) is 0 Å². The van der Waals surface area contributed by atoms with Crippen LogP contribution >= 0.6 is 0 Å². The third-order valence-corrected chi connectivity index (χ3v) is 5.55. The van der Waals surface area contributed by atoms with E-state index < -0.39 is 5.97 Å². The summed E-state index contributed by atoms with van der Waals surface area (Å²) in [6, 6.07) is 4.96. The van der Waals surface area contributed by atoms with Crippen molar-refractivity contribution in [3.63, 3.8) is 0 Å². The molecule has 0 radical (unpaired) electrons. The van der Waals surface area contributed by atoms with Crippen LogP contribution in [0, 0.1) is 0 Å². The number of phenols is 1. The summed E-state index contributed by atoms with van der Waals surface area (Å²) < 4.78 is 0. The Morgan fingerprint density at radius 3 is 1.86 bits per heavy atom. The summed E-state index contributed by atoms with van der Waals surface area (Å²) >= 11 is 0. The van der Waals surface area contributed by atoms with Gasteiger partial charge in [0.15, 0.2) is 0 Å². The minimum absolute atomic E-state index is 0.0640. The van der Waals surface area contributed by atoms with Crippen molar-refractivity contribution in [1.29, 1.82) is 0 Å². The monoisotopic (exact) mass is 402 g/mol. The van der Waals surface area contributed by atoms with Gasteiger partial charge in [0, 0.05) is 0 Å². The van der Waals surface area contributed by atoms with Crippen molar-refractivity contribution < 1.29 is 15.0 Å². The second-order valence-electron chi connectivity index (χ2n) is 8.16. The van der Waals surface area contributed by atoms with Crippen LogP contribution in [0.15, 0.2) is 30.4 Å². The maximum absolute atomic E-state index is 11.3. The van der Waals surface area contributed by atoms with Gasteiger partial charge in [0.2, 0.25) is 0 Å². The average molecular weight is 403 g/mol. The molecular weight excluding hydrogens is 360 g/mol. The molecule has 1 rings (SSSR count). The maximum atomic E-state index is 11.3. The molecule has 2 N–H and O–H groups in total. The molecule has 0 aliphatic rings. The zero-order valence-corrected chi connectivity index (χ0v) is 18.5. The molecule has 0 saturated heterocycles. The van der Waals surface area contributed by atoms with E-state index in [1.807, 2.05) is 0 Å². The maximum Gasteiger partial charge on any atom is 0.339 e. The molecule has 0 unspecified atom stereocenters. The minimum Gasteiger partial charge on any atom is -0.507 e. The number of carbonyl (C=O) groups is 1. The van der Waals surface area contributed by atoms with Crippen LogP contribution in [0.25, 0.3) is 0 Å². The van der Waals surface area contributed by atoms with Gasteiger partial charge >= 0.3 is 5.97 Å². The Balaban J connectivity index is 1.95. The number of hydrogen-bond acceptors (Lipinski definition) is 2. The molecule has 0 aromatic heterocycles. The zero-order valence-electron chi connectivity index (χ0n) is 18.5. The number of aromatic carboxylic acids is 1. The summed E-state index contributed by atoms with van der Waals surface area (Å²) in [4.78, 5) is 11.3. The fourth-order valence-corrected chi connectivity index (χ4v) is 3.78. The summed E-state index contributed by atoms with van der Waals surface area (Å²) in [5.41, 5.74) is 0.801. The molecule has 29 heavy (non-hydrogen) atoms. The van der Waals surface area contributed by atoms with Crippen LogP contribution in [0.1, 0.15) is 119 Å². The number of aromatic hydroxyl groups is 1. The third-order valence-electron chi connectivity index (χ3n) is 5.55. The van der Waals surface area contributed by atoms with Gasteiger partial charge < -0.3 is 10.2 Å². The number of carboxylic acid groups (broad SMARTS) is 1. The van der Waals surface area contributed by atoms with Crippen molar-refractivity contribution in [3.8, 4) is 5.75 Å². The zero-order chi connectivity index (χ0) is 21.2. The van der Waals surface area contributed by atoms with E-state index in [0.29, 0.717) is 6.42 Å². The van der Waals surface area contributed by atoms with E-state index in [2.05, 4.69) is 19.1 Å². The quantitative estimate of drug-likeness (QED) is 0.193. The predicted molar refractivity (Wildman–Crippen MR) is 123 cm³/mol. The Labute approximate surface area is 178 Å². The van der Waals surface area contributed by atoms with Crippen molar-refractivity contribution >= 4 is 5.97 Å². The first kappa shape index (κ1) is 25.3. The van der Waals surface area contributed by atoms with Crippen molar-refractivity contribution in [2.45, 2.75) is 110 Å². The largest absolute Gasteiger partial charge is 0.507 e. The number of benzene rings is 1. The van der Waals surface area contributed by atoms with Gasteiger partial charge in [-0.3, -0.25) is 0 Å². The van der Waals surface area contributed by atoms with Crippen LogP contribution in [0.5, 0.6) is 5.75 Å². The predicted octanol–water partition coefficient (Wildman–Crippen LogP) is 8.06. The molecule has 164 valence electrons. The van der Waals surface area contributed by atoms with Gasteiger partial charge in [0.25, 0.3) is 0 Å². The Bertz CT molecular complexity index is 577. The topological polar surface area (TPSA) is 57.5 Å². The number of carboxylic acids is 1. The first-order chi connectivity index (χ1) is 14.2. The third kappa shape index (κ3) is 12.4. The summed E-state index contributed by atoms with van der Waals surface area (Å²) in [6.45, 7) is 2.27. The molecule has 3 nitrogen and oxygen atoms in total. The van der Waals surface area contributed by atoms with Gasteiger partial charge in [-0.15, -0.1) is 0 Å². The number of hydrogen-bond donors (Lipinski definition) is 2. The van der Waals surface area contributed by atoms with E-state index in [9.17, 15) is 15.0 Å². The molecule has 0 spiro atoms. The fourth-order valence-electron chi connectivity index (χ4n) is 3.78. The average Bonchev–Trinajstić information content (AvgIpc) is 2.70. The van der Waals surface area contributed by atoms with Crippen LogP contribution in [0.2, 0.25) is 0 Å². The highest BCUT2D eigenvalue weighted by molar-refractivity contribution is 5.92. The molecule has 0 bridgehead atoms. The van der Waals surface area contributed by atoms with E-state index in [0.717, 1.165) is 18.4 Å². The number of aryl methyl sites for hydroxylation is 1. The number of allylic oxidation sites excluding steroid dienone is 2. The highest BCUT2D eigenvalue weighted by Crippen LogP contribution is 2.23. The molecule has 1 aromatic carbocycles. The molecule has 0 aliphatic heterocycles. The standard InChI is InChI=1S/C26H42O3/c1-2-3-4-5-6-7-8-9-10-11-12-13-14-15-16-17-18-20-23-21-19-22-24(27)25(23)26(28)29/h11-12,19,21-22,27H,2-10,13-18,20H2,1H3,(H,28,29). The molecule has 0 atom stereocenters. The van der Waals surface area contributed by atoms with Crippen LogP contribution in [0.3, 0.4) is 0 Å². The smallest absolute Gasteiger partial charge is 0.339 e. The van der Waals surface area contributed by atoms with E-state index in [4.69, 9.17) is 0 Å². The fraction of sp³-hybridized carbons (Fsp3) is 0.654. The Kier molecular flexibility index (Phi) is 14.9. The second-order valence-corrected chi connectivity index (χ2v) is 8.16. The van der Waals surface area contributed by atoms with Crippen molar-refractivity contribution in [2.24, 2.45) is 0 Å². The minimum atomic E-state index is -1.04. The first-order valence-electron chi connectivity index (χ1n) is 11.9. The van der Waals surface area contributed by atoms with Gasteiger partial charge in [-0.05, 0) is 50.2 Å². The highest BCUT2D eigenvalue weighted by Gasteiger charge is 2.14. The lowest BCUT2D eigenvalue weighted by molar-refractivity contribution is 0.0692. The van der Waals surface area contributed by atoms with Crippen molar-refractivity contribution in [3.05, 3.63) is 41.5 Å². The van der Waals surface area contributed by atoms with E-state index in [1.165, 1.54) is 89.5 Å². The first-order valence-corrected chi connectivity index (χ1v) is 11.9. The van der Waals surface area contributed by atoms with Gasteiger partial charge in [0.1, 0.15) is 11.3 Å². The Hall–Kier alpha value is -1.77. The Morgan fingerprint density at radius 2 is 1.31 bits per heavy atom. The normalized spacial score (nSPS) is 11.3. The molecular formula is C26H42O3. The van der Waals surface area contributed by atoms with E-state index >= 15 is 0 Å². The van der Waals surface area contributed by atoms with Crippen LogP contribution in [-0.4, -0.2) is 16.2 Å². The summed E-state index contributed by atoms with van der Waals surface area (Å²) in [7, 11) is 0. The van der Waals surface area contributed by atoms with Gasteiger partial charge in [-0.25, -0.2) is 4.79 Å². The summed E-state index contributed by atoms with van der Waals surface area (Å²) in [5.74, 6) is -1.18. The van der Waals surface area contributed by atoms with Crippen molar-refractivity contribution in [1.82, 2.24) is 0 Å². The van der Waals surface area contributed by atoms with E-state index in [-0.39, 0.29) is 11.3 Å². The lowest BCUT2D eigenvalue weighted by Gasteiger charge is -2.07. The summed E-state index contributed by atoms with van der Waals surface area (Å²) in [5, 5.41) is 18.9. The summed E-state index contributed by atoms with van der Waals surface area (Å²) in [6.07, 6.45) is 24.6. The van der Waals surface area contributed by atoms with Crippen LogP contribution in [0.4, 0.5) is 0 Å². The lowest BCUT2D eigenvalue weighted by Crippen LogP contribution is -2.03. The number of rotatable bonds is 18. The van der Waals surface area contributed by atoms with Crippen molar-refractivity contribution in [2.75, 3.05) is 0 Å². The molecule has 1 aromatic rings. The van der Waals surface area contributed by atoms with Gasteiger partial charge in [-0.2, -0.15) is 0 Å². The molecule has 0 aliphatic carbocycles. The molecule has 0 heterocycles. The number of unbranched alkanes of at least 4 members (excludes halogenated alkanes) is 13.